The Morgan fingerprint density at radius 3 is 2.69 bits per heavy atom. The summed E-state index contributed by atoms with van der Waals surface area (Å²) in [5.41, 5.74) is -0.248. The molecule has 5 heteroatoms. The molecule has 1 aromatic carbocycles. The summed E-state index contributed by atoms with van der Waals surface area (Å²) in [6.45, 7) is 0. The second-order valence-corrected chi connectivity index (χ2v) is 3.32. The number of aliphatic carboxylic acids is 1. The second kappa shape index (κ2) is 3.85. The van der Waals surface area contributed by atoms with Crippen molar-refractivity contribution in [1.29, 1.82) is 0 Å². The van der Waals surface area contributed by atoms with Gasteiger partial charge in [0.05, 0.1) is 0 Å². The fourth-order valence-electron chi connectivity index (χ4n) is 0.857. The van der Waals surface area contributed by atoms with Gasteiger partial charge in [-0.05, 0) is 18.2 Å². The average molecular weight is 249 g/mol. The number of hydrogen-bond donors (Lipinski definition) is 2. The summed E-state index contributed by atoms with van der Waals surface area (Å²) in [5.74, 6) is -2.21. The number of hydrogen-bond acceptors (Lipinski definition) is 2. The van der Waals surface area contributed by atoms with E-state index in [1.165, 1.54) is 12.1 Å². The largest absolute Gasteiger partial charge is 0.479 e. The molecular formula is C8H6BrFO3. The minimum atomic E-state index is -1.82. The fourth-order valence-corrected chi connectivity index (χ4v) is 1.24. The first-order valence-corrected chi connectivity index (χ1v) is 4.17. The summed E-state index contributed by atoms with van der Waals surface area (Å²) in [7, 11) is 0. The number of carboxylic acids is 1. The molecule has 1 aromatic rings. The van der Waals surface area contributed by atoms with Gasteiger partial charge in [0.25, 0.3) is 0 Å². The molecule has 0 heterocycles. The van der Waals surface area contributed by atoms with Crippen molar-refractivity contribution in [2.24, 2.45) is 0 Å². The van der Waals surface area contributed by atoms with Crippen LogP contribution < -0.4 is 0 Å². The van der Waals surface area contributed by atoms with E-state index in [-0.39, 0.29) is 5.56 Å². The van der Waals surface area contributed by atoms with Crippen LogP contribution in [0.4, 0.5) is 4.39 Å². The Kier molecular flexibility index (Phi) is 3.00. The third kappa shape index (κ3) is 2.26. The van der Waals surface area contributed by atoms with Gasteiger partial charge in [0.2, 0.25) is 0 Å². The van der Waals surface area contributed by atoms with Crippen LogP contribution in [0.5, 0.6) is 0 Å². The molecule has 0 radical (unpaired) electrons. The van der Waals surface area contributed by atoms with Crippen molar-refractivity contribution in [3.8, 4) is 0 Å². The molecule has 0 saturated carbocycles. The zero-order valence-electron chi connectivity index (χ0n) is 6.37. The molecule has 0 saturated heterocycles. The van der Waals surface area contributed by atoms with Gasteiger partial charge in [0, 0.05) is 10.0 Å². The predicted octanol–water partition coefficient (Wildman–Crippen LogP) is 1.71. The Morgan fingerprint density at radius 2 is 2.15 bits per heavy atom. The molecule has 0 aromatic heterocycles. The molecule has 13 heavy (non-hydrogen) atoms. The zero-order chi connectivity index (χ0) is 10.0. The van der Waals surface area contributed by atoms with Gasteiger partial charge >= 0.3 is 5.97 Å². The maximum Gasteiger partial charge on any atom is 0.337 e. The highest BCUT2D eigenvalue weighted by Gasteiger charge is 2.19. The van der Waals surface area contributed by atoms with Crippen molar-refractivity contribution in [3.63, 3.8) is 0 Å². The highest BCUT2D eigenvalue weighted by Crippen LogP contribution is 2.21. The molecule has 3 nitrogen and oxygen atoms in total. The van der Waals surface area contributed by atoms with E-state index >= 15 is 0 Å². The van der Waals surface area contributed by atoms with E-state index in [1.807, 2.05) is 0 Å². The van der Waals surface area contributed by atoms with Gasteiger partial charge in [-0.2, -0.15) is 0 Å². The number of carboxylic acid groups (broad SMARTS) is 1. The van der Waals surface area contributed by atoms with Crippen molar-refractivity contribution >= 4 is 21.9 Å². The lowest BCUT2D eigenvalue weighted by Crippen LogP contribution is -2.12. The predicted molar refractivity (Wildman–Crippen MR) is 46.7 cm³/mol. The summed E-state index contributed by atoms with van der Waals surface area (Å²) in [6, 6.07) is 3.74. The molecule has 0 fully saturated rings. The van der Waals surface area contributed by atoms with Crippen molar-refractivity contribution in [3.05, 3.63) is 34.1 Å². The molecule has 0 aliphatic rings. The molecule has 1 rings (SSSR count). The molecule has 1 atom stereocenters. The van der Waals surface area contributed by atoms with E-state index < -0.39 is 17.9 Å². The molecule has 0 bridgehead atoms. The Morgan fingerprint density at radius 1 is 1.54 bits per heavy atom. The maximum atomic E-state index is 12.9. The summed E-state index contributed by atoms with van der Waals surface area (Å²) in [4.78, 5) is 10.3. The highest BCUT2D eigenvalue weighted by molar-refractivity contribution is 9.10. The molecule has 1 unspecified atom stereocenters. The van der Waals surface area contributed by atoms with Crippen LogP contribution in [-0.2, 0) is 4.79 Å². The number of benzene rings is 1. The molecule has 70 valence electrons. The first-order valence-electron chi connectivity index (χ1n) is 3.38. The summed E-state index contributed by atoms with van der Waals surface area (Å²) in [5, 5.41) is 17.5. The number of aliphatic hydroxyl groups excluding tert-OH is 1. The minimum absolute atomic E-state index is 0.248. The normalized spacial score (nSPS) is 12.5. The third-order valence-electron chi connectivity index (χ3n) is 1.49. The van der Waals surface area contributed by atoms with E-state index in [2.05, 4.69) is 15.9 Å². The van der Waals surface area contributed by atoms with Crippen LogP contribution in [0.2, 0.25) is 0 Å². The number of aliphatic hydroxyl groups is 1. The fraction of sp³-hybridized carbons (Fsp3) is 0.125. The Hall–Kier alpha value is -0.940. The van der Waals surface area contributed by atoms with Crippen LogP contribution in [0.1, 0.15) is 11.7 Å². The van der Waals surface area contributed by atoms with Crippen LogP contribution in [-0.4, -0.2) is 16.2 Å². The Balaban J connectivity index is 3.12. The molecule has 0 amide bonds. The van der Waals surface area contributed by atoms with E-state index in [0.29, 0.717) is 4.47 Å². The lowest BCUT2D eigenvalue weighted by Gasteiger charge is -2.06. The lowest BCUT2D eigenvalue weighted by molar-refractivity contribution is -0.147. The van der Waals surface area contributed by atoms with Crippen molar-refractivity contribution in [2.45, 2.75) is 6.10 Å². The summed E-state index contributed by atoms with van der Waals surface area (Å²) in [6.07, 6.45) is -1.82. The van der Waals surface area contributed by atoms with E-state index in [0.717, 1.165) is 6.07 Å². The highest BCUT2D eigenvalue weighted by atomic mass is 79.9. The van der Waals surface area contributed by atoms with Gasteiger partial charge in [-0.15, -0.1) is 0 Å². The second-order valence-electron chi connectivity index (χ2n) is 2.41. The summed E-state index contributed by atoms with van der Waals surface area (Å²) < 4.78 is 13.5. The van der Waals surface area contributed by atoms with Gasteiger partial charge in [-0.3, -0.25) is 0 Å². The number of carbonyl (C=O) groups is 1. The Bertz CT molecular complexity index is 340. The minimum Gasteiger partial charge on any atom is -0.479 e. The molecule has 0 aliphatic carbocycles. The van der Waals surface area contributed by atoms with Crippen LogP contribution >= 0.6 is 15.9 Å². The monoisotopic (exact) mass is 248 g/mol. The quantitative estimate of drug-likeness (QED) is 0.838. The SMILES string of the molecule is O=C(O)C(O)c1cc(Br)ccc1F. The maximum absolute atomic E-state index is 12.9. The van der Waals surface area contributed by atoms with Crippen molar-refractivity contribution < 1.29 is 19.4 Å². The van der Waals surface area contributed by atoms with Crippen LogP contribution in [0, 0.1) is 5.82 Å². The van der Waals surface area contributed by atoms with Gasteiger partial charge in [0.1, 0.15) is 5.82 Å². The molecule has 0 spiro atoms. The van der Waals surface area contributed by atoms with E-state index in [1.54, 1.807) is 0 Å². The van der Waals surface area contributed by atoms with E-state index in [4.69, 9.17) is 10.2 Å². The average Bonchev–Trinajstić information content (AvgIpc) is 2.08. The standard InChI is InChI=1S/C8H6BrFO3/c9-4-1-2-6(10)5(3-4)7(11)8(12)13/h1-3,7,11H,(H,12,13). The first kappa shape index (κ1) is 10.1. The number of rotatable bonds is 2. The molecule has 2 N–H and O–H groups in total. The Labute approximate surface area is 81.9 Å². The van der Waals surface area contributed by atoms with Crippen molar-refractivity contribution in [2.75, 3.05) is 0 Å². The topological polar surface area (TPSA) is 57.5 Å². The lowest BCUT2D eigenvalue weighted by atomic mass is 10.1. The van der Waals surface area contributed by atoms with Crippen molar-refractivity contribution in [1.82, 2.24) is 0 Å². The molecule has 0 aliphatic heterocycles. The molecular weight excluding hydrogens is 243 g/mol. The van der Waals surface area contributed by atoms with Gasteiger partial charge in [-0.1, -0.05) is 15.9 Å². The van der Waals surface area contributed by atoms with Crippen LogP contribution in [0.25, 0.3) is 0 Å². The van der Waals surface area contributed by atoms with Crippen LogP contribution in [0.3, 0.4) is 0 Å². The number of halogens is 2. The zero-order valence-corrected chi connectivity index (χ0v) is 7.95. The van der Waals surface area contributed by atoms with Gasteiger partial charge in [-0.25, -0.2) is 9.18 Å². The smallest absolute Gasteiger partial charge is 0.337 e. The van der Waals surface area contributed by atoms with Gasteiger partial charge < -0.3 is 10.2 Å². The van der Waals surface area contributed by atoms with E-state index in [9.17, 15) is 9.18 Å². The van der Waals surface area contributed by atoms with Crippen LogP contribution in [0.15, 0.2) is 22.7 Å². The van der Waals surface area contributed by atoms with Gasteiger partial charge in [0.15, 0.2) is 6.10 Å². The third-order valence-corrected chi connectivity index (χ3v) is 1.98. The first-order chi connectivity index (χ1) is 6.02. The summed E-state index contributed by atoms with van der Waals surface area (Å²) >= 11 is 3.04.